The first-order valence-corrected chi connectivity index (χ1v) is 11.3. The number of methoxy groups -OCH3 is 2. The number of carbonyl (C=O) groups excluding carboxylic acids is 3. The van der Waals surface area contributed by atoms with Crippen LogP contribution in [0.15, 0.2) is 78.9 Å². The van der Waals surface area contributed by atoms with E-state index in [1.165, 1.54) is 4.90 Å². The van der Waals surface area contributed by atoms with E-state index in [2.05, 4.69) is 5.32 Å². The first-order valence-electron chi connectivity index (χ1n) is 11.3. The first kappa shape index (κ1) is 23.8. The summed E-state index contributed by atoms with van der Waals surface area (Å²) in [6, 6.07) is 21.9. The third-order valence-corrected chi connectivity index (χ3v) is 5.89. The summed E-state index contributed by atoms with van der Waals surface area (Å²) < 4.78 is 10.3. The molecule has 35 heavy (non-hydrogen) atoms. The van der Waals surface area contributed by atoms with Gasteiger partial charge in [-0.3, -0.25) is 9.59 Å². The molecule has 0 radical (unpaired) electrons. The van der Waals surface area contributed by atoms with Crippen molar-refractivity contribution in [3.63, 3.8) is 0 Å². The van der Waals surface area contributed by atoms with Gasteiger partial charge in [-0.2, -0.15) is 0 Å². The lowest BCUT2D eigenvalue weighted by molar-refractivity contribution is -0.124. The number of para-hydroxylation sites is 1. The lowest BCUT2D eigenvalue weighted by atomic mass is 10.1. The van der Waals surface area contributed by atoms with Gasteiger partial charge in [0.25, 0.3) is 5.91 Å². The molecule has 0 saturated carbocycles. The summed E-state index contributed by atoms with van der Waals surface area (Å²) in [4.78, 5) is 42.1. The lowest BCUT2D eigenvalue weighted by Crippen LogP contribution is -2.39. The highest BCUT2D eigenvalue weighted by Gasteiger charge is 2.46. The molecule has 3 aromatic rings. The summed E-state index contributed by atoms with van der Waals surface area (Å²) in [5, 5.41) is 2.80. The number of anilines is 2. The van der Waals surface area contributed by atoms with Crippen molar-refractivity contribution in [2.45, 2.75) is 18.9 Å². The molecule has 1 saturated heterocycles. The maximum absolute atomic E-state index is 13.3. The number of hydrogen-bond acceptors (Lipinski definition) is 5. The van der Waals surface area contributed by atoms with Crippen molar-refractivity contribution < 1.29 is 23.9 Å². The third kappa shape index (κ3) is 5.43. The zero-order valence-corrected chi connectivity index (χ0v) is 19.6. The molecule has 1 heterocycles. The van der Waals surface area contributed by atoms with Gasteiger partial charge in [-0.15, -0.1) is 0 Å². The van der Waals surface area contributed by atoms with Crippen LogP contribution in [0.1, 0.15) is 12.0 Å². The van der Waals surface area contributed by atoms with Crippen LogP contribution in [-0.4, -0.2) is 49.6 Å². The van der Waals surface area contributed by atoms with Gasteiger partial charge in [-0.25, -0.2) is 9.69 Å². The molecule has 0 bridgehead atoms. The van der Waals surface area contributed by atoms with Gasteiger partial charge in [-0.05, 0) is 60.5 Å². The summed E-state index contributed by atoms with van der Waals surface area (Å²) in [5.41, 5.74) is 2.05. The second-order valence-corrected chi connectivity index (χ2v) is 8.08. The van der Waals surface area contributed by atoms with Gasteiger partial charge in [0, 0.05) is 12.2 Å². The molecule has 4 amide bonds. The van der Waals surface area contributed by atoms with Crippen molar-refractivity contribution in [1.29, 1.82) is 0 Å². The topological polar surface area (TPSA) is 88.2 Å². The van der Waals surface area contributed by atoms with E-state index in [9.17, 15) is 14.4 Å². The standard InChI is InChI=1S/C27H27N3O5/c1-34-22-12-8-19(9-13-22)16-17-29-24(18-25(31)28-20-10-14-23(35-2)15-11-20)26(32)30(27(29)33)21-6-4-3-5-7-21/h3-15,24H,16-18H2,1-2H3,(H,28,31)/t24-/m1/s1. The van der Waals surface area contributed by atoms with Crippen LogP contribution in [0.25, 0.3) is 0 Å². The average Bonchev–Trinajstić information content (AvgIpc) is 3.12. The van der Waals surface area contributed by atoms with E-state index in [1.54, 1.807) is 62.8 Å². The summed E-state index contributed by atoms with van der Waals surface area (Å²) in [7, 11) is 3.17. The van der Waals surface area contributed by atoms with Crippen molar-refractivity contribution in [2.75, 3.05) is 31.0 Å². The highest BCUT2D eigenvalue weighted by atomic mass is 16.5. The minimum absolute atomic E-state index is 0.150. The largest absolute Gasteiger partial charge is 0.497 e. The van der Waals surface area contributed by atoms with E-state index in [1.807, 2.05) is 30.3 Å². The number of carbonyl (C=O) groups is 3. The Labute approximate surface area is 204 Å². The number of nitrogens with zero attached hydrogens (tertiary/aromatic N) is 2. The SMILES string of the molecule is COc1ccc(CCN2C(=O)N(c3ccccc3)C(=O)[C@H]2CC(=O)Nc2ccc(OC)cc2)cc1. The summed E-state index contributed by atoms with van der Waals surface area (Å²) in [6.07, 6.45) is 0.380. The Bertz CT molecular complexity index is 1180. The number of rotatable bonds is 9. The highest BCUT2D eigenvalue weighted by molar-refractivity contribution is 6.22. The molecule has 4 rings (SSSR count). The van der Waals surface area contributed by atoms with E-state index in [-0.39, 0.29) is 12.3 Å². The van der Waals surface area contributed by atoms with Crippen LogP contribution in [-0.2, 0) is 16.0 Å². The Hall–Kier alpha value is -4.33. The summed E-state index contributed by atoms with van der Waals surface area (Å²) >= 11 is 0. The van der Waals surface area contributed by atoms with Gasteiger partial charge in [0.1, 0.15) is 17.5 Å². The fourth-order valence-electron chi connectivity index (χ4n) is 4.01. The van der Waals surface area contributed by atoms with Crippen LogP contribution in [0.2, 0.25) is 0 Å². The van der Waals surface area contributed by atoms with Crippen LogP contribution in [0, 0.1) is 0 Å². The van der Waals surface area contributed by atoms with Crippen LogP contribution >= 0.6 is 0 Å². The molecule has 0 aliphatic carbocycles. The summed E-state index contributed by atoms with van der Waals surface area (Å²) in [5.74, 6) is 0.638. The minimum Gasteiger partial charge on any atom is -0.497 e. The van der Waals surface area contributed by atoms with Crippen molar-refractivity contribution in [3.8, 4) is 11.5 Å². The number of imide groups is 1. The molecule has 1 N–H and O–H groups in total. The molecule has 1 atom stereocenters. The number of hydrogen-bond donors (Lipinski definition) is 1. The third-order valence-electron chi connectivity index (χ3n) is 5.89. The molecule has 1 aliphatic rings. The molecule has 8 nitrogen and oxygen atoms in total. The van der Waals surface area contributed by atoms with Gasteiger partial charge in [-0.1, -0.05) is 30.3 Å². The van der Waals surface area contributed by atoms with Gasteiger partial charge >= 0.3 is 6.03 Å². The van der Waals surface area contributed by atoms with E-state index < -0.39 is 18.0 Å². The number of amides is 4. The Kier molecular flexibility index (Phi) is 7.30. The summed E-state index contributed by atoms with van der Waals surface area (Å²) in [6.45, 7) is 0.292. The number of urea groups is 1. The van der Waals surface area contributed by atoms with Crippen LogP contribution in [0.5, 0.6) is 11.5 Å². The average molecular weight is 474 g/mol. The van der Waals surface area contributed by atoms with Crippen molar-refractivity contribution in [1.82, 2.24) is 4.90 Å². The molecule has 0 spiro atoms. The number of nitrogens with one attached hydrogen (secondary N) is 1. The molecule has 1 fully saturated rings. The Balaban J connectivity index is 1.52. The normalized spacial score (nSPS) is 15.3. The Morgan fingerprint density at radius 3 is 2.06 bits per heavy atom. The quantitative estimate of drug-likeness (QED) is 0.473. The monoisotopic (exact) mass is 473 g/mol. The molecule has 0 unspecified atom stereocenters. The minimum atomic E-state index is -0.904. The van der Waals surface area contributed by atoms with Gasteiger partial charge < -0.3 is 19.7 Å². The first-order chi connectivity index (χ1) is 17.0. The van der Waals surface area contributed by atoms with Gasteiger partial charge in [0.2, 0.25) is 5.91 Å². The van der Waals surface area contributed by atoms with Crippen molar-refractivity contribution >= 4 is 29.2 Å². The molecular formula is C27H27N3O5. The highest BCUT2D eigenvalue weighted by Crippen LogP contribution is 2.27. The van der Waals surface area contributed by atoms with Crippen LogP contribution in [0.3, 0.4) is 0 Å². The Morgan fingerprint density at radius 2 is 1.46 bits per heavy atom. The van der Waals surface area contributed by atoms with Crippen LogP contribution in [0.4, 0.5) is 16.2 Å². The van der Waals surface area contributed by atoms with E-state index in [4.69, 9.17) is 9.47 Å². The van der Waals surface area contributed by atoms with E-state index >= 15 is 0 Å². The van der Waals surface area contributed by atoms with Gasteiger partial charge in [0.05, 0.1) is 26.3 Å². The molecular weight excluding hydrogens is 446 g/mol. The smallest absolute Gasteiger partial charge is 0.332 e. The fraction of sp³-hybridized carbons (Fsp3) is 0.222. The number of benzene rings is 3. The molecule has 0 aromatic heterocycles. The predicted octanol–water partition coefficient (Wildman–Crippen LogP) is 4.11. The zero-order valence-electron chi connectivity index (χ0n) is 19.6. The maximum atomic E-state index is 13.3. The molecule has 3 aromatic carbocycles. The molecule has 180 valence electrons. The Morgan fingerprint density at radius 1 is 0.857 bits per heavy atom. The molecule has 8 heteroatoms. The van der Waals surface area contributed by atoms with E-state index in [0.717, 1.165) is 16.2 Å². The van der Waals surface area contributed by atoms with E-state index in [0.29, 0.717) is 30.1 Å². The zero-order chi connectivity index (χ0) is 24.8. The maximum Gasteiger partial charge on any atom is 0.332 e. The second-order valence-electron chi connectivity index (χ2n) is 8.08. The van der Waals surface area contributed by atoms with Crippen LogP contribution < -0.4 is 19.7 Å². The van der Waals surface area contributed by atoms with Gasteiger partial charge in [0.15, 0.2) is 0 Å². The fourth-order valence-corrected chi connectivity index (χ4v) is 4.01. The lowest BCUT2D eigenvalue weighted by Gasteiger charge is -2.21. The second kappa shape index (κ2) is 10.7. The molecule has 1 aliphatic heterocycles. The predicted molar refractivity (Wildman–Crippen MR) is 133 cm³/mol. The van der Waals surface area contributed by atoms with Crippen molar-refractivity contribution in [3.05, 3.63) is 84.4 Å². The van der Waals surface area contributed by atoms with Crippen molar-refractivity contribution in [2.24, 2.45) is 0 Å². The number of ether oxygens (including phenoxy) is 2.